The van der Waals surface area contributed by atoms with Crippen LogP contribution in [-0.2, 0) is 25.5 Å². The molecule has 0 spiro atoms. The Morgan fingerprint density at radius 1 is 0.900 bits per heavy atom. The van der Waals surface area contributed by atoms with Crippen molar-refractivity contribution in [1.82, 2.24) is 0 Å². The second kappa shape index (κ2) is 14.5. The molecule has 0 N–H and O–H groups in total. The lowest BCUT2D eigenvalue weighted by Gasteiger charge is -2.17. The van der Waals surface area contributed by atoms with Gasteiger partial charge in [0, 0.05) is 16.9 Å². The third-order valence-corrected chi connectivity index (χ3v) is 5.04. The van der Waals surface area contributed by atoms with Crippen molar-refractivity contribution in [2.75, 3.05) is 13.2 Å². The van der Waals surface area contributed by atoms with E-state index in [0.717, 1.165) is 18.4 Å². The fourth-order valence-electron chi connectivity index (χ4n) is 3.36. The smallest absolute Gasteiger partial charge is 0.320 e. The maximum atomic E-state index is 12.2. The molecular weight excluding hydrogens is 386 g/mol. The average molecular weight is 422 g/mol. The average Bonchev–Trinajstić information content (AvgIpc) is 2.72. The van der Waals surface area contributed by atoms with Crippen LogP contribution >= 0.6 is 0 Å². The minimum atomic E-state index is -1.32. The van der Waals surface area contributed by atoms with E-state index in [1.165, 1.54) is 32.1 Å². The molecule has 0 radical (unpaired) electrons. The largest absolute Gasteiger partial charge is 0.465 e. The van der Waals surface area contributed by atoms with Crippen molar-refractivity contribution in [3.63, 3.8) is 0 Å². The number of rotatable bonds is 15. The number of nitro groups is 1. The highest BCUT2D eigenvalue weighted by molar-refractivity contribution is 5.94. The summed E-state index contributed by atoms with van der Waals surface area (Å²) in [6.07, 6.45) is 7.92. The van der Waals surface area contributed by atoms with Crippen molar-refractivity contribution in [3.05, 3.63) is 45.5 Å². The van der Waals surface area contributed by atoms with Gasteiger partial charge in [-0.05, 0) is 32.3 Å². The molecule has 7 nitrogen and oxygen atoms in total. The Morgan fingerprint density at radius 2 is 1.43 bits per heavy atom. The molecule has 1 atom stereocenters. The van der Waals surface area contributed by atoms with Crippen molar-refractivity contribution in [3.8, 4) is 0 Å². The normalized spacial score (nSPS) is 11.9. The molecule has 0 aliphatic carbocycles. The van der Waals surface area contributed by atoms with Crippen molar-refractivity contribution in [2.45, 2.75) is 78.2 Å². The lowest BCUT2D eigenvalue weighted by Crippen LogP contribution is -2.31. The molecule has 1 unspecified atom stereocenters. The number of carbonyl (C=O) groups excluding carboxylic acids is 2. The molecule has 1 aromatic rings. The zero-order valence-electron chi connectivity index (χ0n) is 18.4. The van der Waals surface area contributed by atoms with Crippen molar-refractivity contribution < 1.29 is 24.0 Å². The summed E-state index contributed by atoms with van der Waals surface area (Å²) in [7, 11) is 0. The fourth-order valence-corrected chi connectivity index (χ4v) is 3.36. The molecule has 0 aromatic heterocycles. The number of nitrogens with zero attached hydrogens (tertiary/aromatic N) is 1. The van der Waals surface area contributed by atoms with E-state index in [9.17, 15) is 19.7 Å². The molecule has 0 amide bonds. The van der Waals surface area contributed by atoms with Crippen LogP contribution in [0.2, 0.25) is 0 Å². The summed E-state index contributed by atoms with van der Waals surface area (Å²) in [5.74, 6) is -2.90. The summed E-state index contributed by atoms with van der Waals surface area (Å²) in [5.41, 5.74) is 1.59. The Labute approximate surface area is 179 Å². The van der Waals surface area contributed by atoms with Crippen LogP contribution in [0.5, 0.6) is 0 Å². The Hall–Kier alpha value is -2.44. The molecule has 168 valence electrons. The van der Waals surface area contributed by atoms with E-state index in [0.29, 0.717) is 5.56 Å². The highest BCUT2D eigenvalue weighted by Crippen LogP contribution is 2.27. The maximum Gasteiger partial charge on any atom is 0.320 e. The Kier molecular flexibility index (Phi) is 12.4. The summed E-state index contributed by atoms with van der Waals surface area (Å²) in [5, 5.41) is 11.7. The Bertz CT molecular complexity index is 640. The fraction of sp³-hybridized carbons (Fsp3) is 0.652. The van der Waals surface area contributed by atoms with Gasteiger partial charge in [0.1, 0.15) is 0 Å². The molecule has 0 saturated carbocycles. The molecule has 1 aromatic carbocycles. The molecule has 0 heterocycles. The number of benzene rings is 1. The minimum absolute atomic E-state index is 0.0883. The first-order valence-corrected chi connectivity index (χ1v) is 11.0. The van der Waals surface area contributed by atoms with Gasteiger partial charge in [0.05, 0.1) is 13.2 Å². The number of ether oxygens (including phenoxy) is 2. The third-order valence-electron chi connectivity index (χ3n) is 5.04. The minimum Gasteiger partial charge on any atom is -0.465 e. The van der Waals surface area contributed by atoms with Gasteiger partial charge >= 0.3 is 11.9 Å². The summed E-state index contributed by atoms with van der Waals surface area (Å²) >= 11 is 0. The van der Waals surface area contributed by atoms with Crippen LogP contribution in [0, 0.1) is 16.0 Å². The number of unbranched alkanes of at least 4 members (excludes halogenated alkanes) is 5. The molecule has 7 heteroatoms. The second-order valence-electron chi connectivity index (χ2n) is 7.35. The molecule has 30 heavy (non-hydrogen) atoms. The van der Waals surface area contributed by atoms with E-state index in [-0.39, 0.29) is 19.6 Å². The molecule has 0 aliphatic heterocycles. The zero-order valence-corrected chi connectivity index (χ0v) is 18.4. The SMILES string of the molecule is CCCCCCCCc1ccc(C(CC(C(=O)OCC)C(=O)OCC)[N+](=O)[O-])cc1. The third kappa shape index (κ3) is 8.93. The number of hydrogen-bond donors (Lipinski definition) is 0. The van der Waals surface area contributed by atoms with Gasteiger partial charge in [0.15, 0.2) is 5.92 Å². The number of aryl methyl sites for hydroxylation is 1. The lowest BCUT2D eigenvalue weighted by molar-refractivity contribution is -0.530. The van der Waals surface area contributed by atoms with E-state index in [1.54, 1.807) is 26.0 Å². The Morgan fingerprint density at radius 3 is 1.93 bits per heavy atom. The van der Waals surface area contributed by atoms with E-state index in [4.69, 9.17) is 9.47 Å². The predicted molar refractivity (Wildman–Crippen MR) is 115 cm³/mol. The van der Waals surface area contributed by atoms with Gasteiger partial charge in [-0.2, -0.15) is 0 Å². The topological polar surface area (TPSA) is 95.7 Å². The van der Waals surface area contributed by atoms with Crippen LogP contribution < -0.4 is 0 Å². The molecule has 0 fully saturated rings. The highest BCUT2D eigenvalue weighted by Gasteiger charge is 2.37. The van der Waals surface area contributed by atoms with Crippen molar-refractivity contribution >= 4 is 11.9 Å². The first-order chi connectivity index (χ1) is 14.4. The molecule has 0 saturated heterocycles. The molecule has 0 aliphatic rings. The summed E-state index contributed by atoms with van der Waals surface area (Å²) in [6, 6.07) is 6.02. The predicted octanol–water partition coefficient (Wildman–Crippen LogP) is 5.04. The van der Waals surface area contributed by atoms with Gasteiger partial charge in [0.2, 0.25) is 6.04 Å². The highest BCUT2D eigenvalue weighted by atomic mass is 16.6. The maximum absolute atomic E-state index is 12.2. The van der Waals surface area contributed by atoms with Crippen molar-refractivity contribution in [1.29, 1.82) is 0 Å². The van der Waals surface area contributed by atoms with E-state index in [2.05, 4.69) is 6.92 Å². The van der Waals surface area contributed by atoms with Crippen LogP contribution in [0.3, 0.4) is 0 Å². The standard InChI is InChI=1S/C23H35NO6/c1-4-7-8-9-10-11-12-18-13-15-19(16-14-18)21(24(27)28)17-20(22(25)29-5-2)23(26)30-6-3/h13-16,20-21H,4-12,17H2,1-3H3. The van der Waals surface area contributed by atoms with Gasteiger partial charge < -0.3 is 9.47 Å². The van der Waals surface area contributed by atoms with E-state index >= 15 is 0 Å². The Balaban J connectivity index is 2.79. The van der Waals surface area contributed by atoms with E-state index < -0.39 is 28.8 Å². The first kappa shape index (κ1) is 25.6. The number of esters is 2. The van der Waals surface area contributed by atoms with Gasteiger partial charge in [-0.1, -0.05) is 63.3 Å². The zero-order chi connectivity index (χ0) is 22.4. The van der Waals surface area contributed by atoms with Crippen LogP contribution in [-0.4, -0.2) is 30.1 Å². The summed E-state index contributed by atoms with van der Waals surface area (Å²) in [6.45, 7) is 5.61. The molecule has 1 rings (SSSR count). The summed E-state index contributed by atoms with van der Waals surface area (Å²) in [4.78, 5) is 35.6. The number of carbonyl (C=O) groups is 2. The second-order valence-corrected chi connectivity index (χ2v) is 7.35. The lowest BCUT2D eigenvalue weighted by atomic mass is 9.94. The van der Waals surface area contributed by atoms with Crippen LogP contribution in [0.25, 0.3) is 0 Å². The monoisotopic (exact) mass is 421 g/mol. The quantitative estimate of drug-likeness (QED) is 0.129. The van der Waals surface area contributed by atoms with Crippen LogP contribution in [0.15, 0.2) is 24.3 Å². The van der Waals surface area contributed by atoms with Gasteiger partial charge in [-0.3, -0.25) is 19.7 Å². The van der Waals surface area contributed by atoms with Gasteiger partial charge in [0.25, 0.3) is 0 Å². The summed E-state index contributed by atoms with van der Waals surface area (Å²) < 4.78 is 9.85. The molecular formula is C23H35NO6. The van der Waals surface area contributed by atoms with Crippen LogP contribution in [0.4, 0.5) is 0 Å². The van der Waals surface area contributed by atoms with E-state index in [1.807, 2.05) is 12.1 Å². The number of hydrogen-bond acceptors (Lipinski definition) is 6. The van der Waals surface area contributed by atoms with Gasteiger partial charge in [-0.15, -0.1) is 0 Å². The first-order valence-electron chi connectivity index (χ1n) is 11.0. The van der Waals surface area contributed by atoms with Crippen LogP contribution in [0.1, 0.15) is 82.9 Å². The van der Waals surface area contributed by atoms with Crippen molar-refractivity contribution in [2.24, 2.45) is 5.92 Å². The van der Waals surface area contributed by atoms with Gasteiger partial charge in [-0.25, -0.2) is 0 Å². The molecule has 0 bridgehead atoms.